The van der Waals surface area contributed by atoms with E-state index in [-0.39, 0.29) is 24.0 Å². The van der Waals surface area contributed by atoms with Crippen LogP contribution in [-0.2, 0) is 6.54 Å². The Morgan fingerprint density at radius 2 is 2.04 bits per heavy atom. The van der Waals surface area contributed by atoms with Gasteiger partial charge in [-0.25, -0.2) is 4.99 Å². The Balaban J connectivity index is 0.00000192. The molecule has 23 heavy (non-hydrogen) atoms. The van der Waals surface area contributed by atoms with Crippen LogP contribution in [0.2, 0.25) is 0 Å². The number of ether oxygens (including phenoxy) is 2. The monoisotopic (exact) mass is 430 g/mol. The summed E-state index contributed by atoms with van der Waals surface area (Å²) in [6.45, 7) is 3.51. The predicted molar refractivity (Wildman–Crippen MR) is 97.7 cm³/mol. The van der Waals surface area contributed by atoms with Crippen LogP contribution >= 0.6 is 24.0 Å². The summed E-state index contributed by atoms with van der Waals surface area (Å²) in [7, 11) is 0. The lowest BCUT2D eigenvalue weighted by Gasteiger charge is -2.10. The molecule has 0 saturated heterocycles. The van der Waals surface area contributed by atoms with Gasteiger partial charge >= 0.3 is 0 Å². The molecule has 0 aliphatic carbocycles. The van der Waals surface area contributed by atoms with E-state index >= 15 is 0 Å². The molecule has 0 saturated carbocycles. The van der Waals surface area contributed by atoms with Crippen LogP contribution in [-0.4, -0.2) is 24.3 Å². The molecule has 3 N–H and O–H groups in total. The van der Waals surface area contributed by atoms with Crippen LogP contribution in [0.5, 0.6) is 11.5 Å². The maximum Gasteiger partial charge on any atom is 0.193 e. The second-order valence-corrected chi connectivity index (χ2v) is 4.97. The third-order valence-corrected chi connectivity index (χ3v) is 3.10. The molecule has 1 aromatic heterocycles. The van der Waals surface area contributed by atoms with E-state index in [9.17, 15) is 0 Å². The van der Waals surface area contributed by atoms with Crippen molar-refractivity contribution in [3.8, 4) is 11.5 Å². The number of nitrogens with zero attached hydrogens (tertiary/aromatic N) is 2. The van der Waals surface area contributed by atoms with Gasteiger partial charge < -0.3 is 25.0 Å². The molecule has 1 aromatic carbocycles. The summed E-state index contributed by atoms with van der Waals surface area (Å²) in [5.41, 5.74) is 7.48. The van der Waals surface area contributed by atoms with E-state index in [1.54, 1.807) is 0 Å². The molecule has 0 unspecified atom stereocenters. The molecule has 1 aliphatic rings. The number of halogens is 1. The smallest absolute Gasteiger partial charge is 0.193 e. The van der Waals surface area contributed by atoms with Gasteiger partial charge in [0.2, 0.25) is 0 Å². The molecule has 0 fully saturated rings. The highest BCUT2D eigenvalue weighted by Crippen LogP contribution is 2.32. The molecule has 8 heteroatoms. The number of fused-ring (bicyclic) bond motifs is 1. The van der Waals surface area contributed by atoms with E-state index in [1.807, 2.05) is 31.2 Å². The van der Waals surface area contributed by atoms with Crippen molar-refractivity contribution in [1.82, 2.24) is 5.16 Å². The van der Waals surface area contributed by atoms with Crippen molar-refractivity contribution in [3.63, 3.8) is 0 Å². The highest BCUT2D eigenvalue weighted by molar-refractivity contribution is 14.0. The van der Waals surface area contributed by atoms with Gasteiger partial charge in [-0.15, -0.1) is 24.0 Å². The van der Waals surface area contributed by atoms with Crippen LogP contribution in [0.1, 0.15) is 17.9 Å². The standard InChI is InChI=1S/C15H18N4O3.HI/c1-10-7-12(22-19-10)9-17-15(16)18-11-3-4-13-14(8-11)21-6-2-5-20-13;/h3-4,7-8H,2,5-6,9H2,1H3,(H3,16,17,18);1H. The number of hydrogen-bond donors (Lipinski definition) is 2. The summed E-state index contributed by atoms with van der Waals surface area (Å²) in [4.78, 5) is 4.21. The summed E-state index contributed by atoms with van der Waals surface area (Å²) in [5, 5.41) is 6.82. The van der Waals surface area contributed by atoms with E-state index in [1.165, 1.54) is 0 Å². The number of aliphatic imine (C=N–C) groups is 1. The number of aromatic nitrogens is 1. The van der Waals surface area contributed by atoms with E-state index < -0.39 is 0 Å². The predicted octanol–water partition coefficient (Wildman–Crippen LogP) is 2.69. The molecule has 7 nitrogen and oxygen atoms in total. The minimum absolute atomic E-state index is 0. The van der Waals surface area contributed by atoms with Crippen molar-refractivity contribution >= 4 is 35.6 Å². The highest BCUT2D eigenvalue weighted by atomic mass is 127. The third kappa shape index (κ3) is 4.75. The average Bonchev–Trinajstić information content (AvgIpc) is 2.78. The molecule has 0 radical (unpaired) electrons. The number of hydrogen-bond acceptors (Lipinski definition) is 5. The number of aryl methyl sites for hydroxylation is 1. The molecule has 124 valence electrons. The van der Waals surface area contributed by atoms with Crippen molar-refractivity contribution in [2.75, 3.05) is 18.5 Å². The fourth-order valence-corrected chi connectivity index (χ4v) is 2.08. The van der Waals surface area contributed by atoms with Crippen LogP contribution in [0.15, 0.2) is 33.8 Å². The zero-order valence-electron chi connectivity index (χ0n) is 12.7. The summed E-state index contributed by atoms with van der Waals surface area (Å²) in [5.74, 6) is 2.42. The second kappa shape index (κ2) is 8.04. The van der Waals surface area contributed by atoms with Gasteiger partial charge in [0.15, 0.2) is 23.2 Å². The fourth-order valence-electron chi connectivity index (χ4n) is 2.08. The topological polar surface area (TPSA) is 94.9 Å². The number of anilines is 1. The van der Waals surface area contributed by atoms with Crippen molar-refractivity contribution in [1.29, 1.82) is 0 Å². The van der Waals surface area contributed by atoms with Crippen LogP contribution in [0, 0.1) is 6.92 Å². The van der Waals surface area contributed by atoms with E-state index in [0.717, 1.165) is 23.6 Å². The first-order chi connectivity index (χ1) is 10.7. The van der Waals surface area contributed by atoms with Gasteiger partial charge in [0.25, 0.3) is 0 Å². The molecule has 2 aromatic rings. The van der Waals surface area contributed by atoms with Gasteiger partial charge in [-0.1, -0.05) is 5.16 Å². The van der Waals surface area contributed by atoms with Gasteiger partial charge in [0, 0.05) is 24.2 Å². The van der Waals surface area contributed by atoms with Crippen molar-refractivity contribution in [2.45, 2.75) is 19.9 Å². The number of rotatable bonds is 3. The first-order valence-corrected chi connectivity index (χ1v) is 7.09. The number of nitrogens with two attached hydrogens (primary N) is 1. The second-order valence-electron chi connectivity index (χ2n) is 4.97. The normalized spacial score (nSPS) is 13.9. The lowest BCUT2D eigenvalue weighted by atomic mass is 10.3. The van der Waals surface area contributed by atoms with Gasteiger partial charge in [-0.3, -0.25) is 0 Å². The molecular weight excluding hydrogens is 411 g/mol. The molecule has 0 amide bonds. The first kappa shape index (κ1) is 17.4. The zero-order chi connectivity index (χ0) is 15.4. The van der Waals surface area contributed by atoms with Crippen LogP contribution in [0.4, 0.5) is 5.69 Å². The Hall–Kier alpha value is -1.97. The number of guanidine groups is 1. The number of nitrogens with one attached hydrogen (secondary N) is 1. The van der Waals surface area contributed by atoms with E-state index in [4.69, 9.17) is 19.7 Å². The fraction of sp³-hybridized carbons (Fsp3) is 0.333. The first-order valence-electron chi connectivity index (χ1n) is 7.09. The summed E-state index contributed by atoms with van der Waals surface area (Å²) in [6, 6.07) is 7.40. The highest BCUT2D eigenvalue weighted by Gasteiger charge is 2.10. The third-order valence-electron chi connectivity index (χ3n) is 3.10. The minimum Gasteiger partial charge on any atom is -0.490 e. The molecule has 0 spiro atoms. The van der Waals surface area contributed by atoms with Crippen molar-refractivity contribution in [2.24, 2.45) is 10.7 Å². The molecular formula is C15H19IN4O3. The van der Waals surface area contributed by atoms with Gasteiger partial charge in [0.1, 0.15) is 6.54 Å². The molecule has 0 atom stereocenters. The maximum absolute atomic E-state index is 5.87. The zero-order valence-corrected chi connectivity index (χ0v) is 15.1. The van der Waals surface area contributed by atoms with Crippen molar-refractivity contribution < 1.29 is 14.0 Å². The molecule has 0 bridgehead atoms. The van der Waals surface area contributed by atoms with E-state index in [2.05, 4.69) is 15.5 Å². The van der Waals surface area contributed by atoms with Gasteiger partial charge in [0.05, 0.1) is 18.9 Å². The average molecular weight is 430 g/mol. The Morgan fingerprint density at radius 3 is 2.78 bits per heavy atom. The summed E-state index contributed by atoms with van der Waals surface area (Å²) < 4.78 is 16.3. The Morgan fingerprint density at radius 1 is 1.26 bits per heavy atom. The lowest BCUT2D eigenvalue weighted by molar-refractivity contribution is 0.297. The molecule has 1 aliphatic heterocycles. The summed E-state index contributed by atoms with van der Waals surface area (Å²) >= 11 is 0. The van der Waals surface area contributed by atoms with Gasteiger partial charge in [-0.2, -0.15) is 0 Å². The Bertz CT molecular complexity index is 687. The SMILES string of the molecule is Cc1cc(CN=C(N)Nc2ccc3c(c2)OCCCO3)on1.I. The van der Waals surface area contributed by atoms with Crippen LogP contribution in [0.3, 0.4) is 0 Å². The Kier molecular flexibility index (Phi) is 6.08. The lowest BCUT2D eigenvalue weighted by Crippen LogP contribution is -2.22. The van der Waals surface area contributed by atoms with Crippen molar-refractivity contribution in [3.05, 3.63) is 35.7 Å². The quantitative estimate of drug-likeness (QED) is 0.442. The minimum atomic E-state index is 0. The largest absolute Gasteiger partial charge is 0.490 e. The molecule has 3 rings (SSSR count). The molecule has 2 heterocycles. The summed E-state index contributed by atoms with van der Waals surface area (Å²) in [6.07, 6.45) is 0.873. The van der Waals surface area contributed by atoms with E-state index in [0.29, 0.717) is 37.2 Å². The van der Waals surface area contributed by atoms with Crippen LogP contribution < -0.4 is 20.5 Å². The van der Waals surface area contributed by atoms with Crippen LogP contribution in [0.25, 0.3) is 0 Å². The maximum atomic E-state index is 5.87. The van der Waals surface area contributed by atoms with Gasteiger partial charge in [-0.05, 0) is 19.1 Å². The Labute approximate surface area is 151 Å². The number of benzene rings is 1.